The quantitative estimate of drug-likeness (QED) is 0.599. The minimum absolute atomic E-state index is 0.351. The van der Waals surface area contributed by atoms with Gasteiger partial charge >= 0.3 is 0 Å². The van der Waals surface area contributed by atoms with Crippen molar-refractivity contribution < 1.29 is 0 Å². The van der Waals surface area contributed by atoms with Crippen LogP contribution >= 0.6 is 0 Å². The minimum Gasteiger partial charge on any atom is -0.271 e. The summed E-state index contributed by atoms with van der Waals surface area (Å²) in [6, 6.07) is 2.56. The molecule has 1 fully saturated rings. The molecule has 1 saturated carbocycles. The normalized spacial score (nSPS) is 19.3. The Kier molecular flexibility index (Phi) is 5.44. The van der Waals surface area contributed by atoms with Gasteiger partial charge in [-0.15, -0.1) is 0 Å². The van der Waals surface area contributed by atoms with Crippen LogP contribution in [0, 0.1) is 18.3 Å². The van der Waals surface area contributed by atoms with E-state index in [-0.39, 0.29) is 0 Å². The third-order valence-electron chi connectivity index (χ3n) is 5.05. The first-order chi connectivity index (χ1) is 10.0. The van der Waals surface area contributed by atoms with Gasteiger partial charge in [-0.05, 0) is 50.5 Å². The Morgan fingerprint density at radius 3 is 2.57 bits per heavy atom. The number of nitrogens with zero attached hydrogens (tertiary/aromatic N) is 2. The van der Waals surface area contributed by atoms with Gasteiger partial charge in [-0.25, -0.2) is 0 Å². The predicted molar refractivity (Wildman–Crippen MR) is 87.8 cm³/mol. The van der Waals surface area contributed by atoms with E-state index in [1.807, 2.05) is 0 Å². The van der Waals surface area contributed by atoms with E-state index >= 15 is 0 Å². The molecule has 1 aromatic heterocycles. The highest BCUT2D eigenvalue weighted by atomic mass is 15.3. The first kappa shape index (κ1) is 16.5. The number of rotatable bonds is 7. The number of hydrogen-bond donors (Lipinski definition) is 2. The van der Waals surface area contributed by atoms with Crippen molar-refractivity contribution in [3.05, 3.63) is 17.5 Å². The summed E-state index contributed by atoms with van der Waals surface area (Å²) in [6.07, 6.45) is 7.55. The second kappa shape index (κ2) is 6.93. The average Bonchev–Trinajstić information content (AvgIpc) is 3.02. The van der Waals surface area contributed by atoms with Crippen molar-refractivity contribution in [3.8, 4) is 0 Å². The second-order valence-electron chi connectivity index (χ2n) is 7.18. The summed E-state index contributed by atoms with van der Waals surface area (Å²) in [5.74, 6) is 6.70. The summed E-state index contributed by atoms with van der Waals surface area (Å²) in [7, 11) is 0. The summed E-state index contributed by atoms with van der Waals surface area (Å²) in [5.41, 5.74) is 5.94. The molecule has 0 saturated heterocycles. The fourth-order valence-corrected chi connectivity index (χ4v) is 4.29. The van der Waals surface area contributed by atoms with Crippen LogP contribution in [-0.4, -0.2) is 15.8 Å². The zero-order valence-electron chi connectivity index (χ0n) is 14.2. The summed E-state index contributed by atoms with van der Waals surface area (Å²) in [4.78, 5) is 0. The van der Waals surface area contributed by atoms with E-state index in [1.165, 1.54) is 37.8 Å². The van der Waals surface area contributed by atoms with E-state index in [2.05, 4.69) is 49.0 Å². The zero-order chi connectivity index (χ0) is 15.5. The lowest BCUT2D eigenvalue weighted by Crippen LogP contribution is -2.49. The number of nitrogens with one attached hydrogen (secondary N) is 1. The molecule has 0 aliphatic heterocycles. The van der Waals surface area contributed by atoms with Crippen LogP contribution in [0.15, 0.2) is 6.07 Å². The molecule has 1 aliphatic rings. The Hall–Kier alpha value is -0.870. The van der Waals surface area contributed by atoms with Crippen molar-refractivity contribution in [2.24, 2.45) is 17.2 Å². The van der Waals surface area contributed by atoms with Gasteiger partial charge in [0, 0.05) is 24.7 Å². The van der Waals surface area contributed by atoms with Gasteiger partial charge < -0.3 is 0 Å². The van der Waals surface area contributed by atoms with Crippen LogP contribution in [0.1, 0.15) is 64.3 Å². The monoisotopic (exact) mass is 292 g/mol. The number of hydrazine groups is 1. The molecular formula is C17H32N4. The molecule has 0 bridgehead atoms. The van der Waals surface area contributed by atoms with Gasteiger partial charge in [0.1, 0.15) is 0 Å². The summed E-state index contributed by atoms with van der Waals surface area (Å²) < 4.78 is 2.12. The highest BCUT2D eigenvalue weighted by molar-refractivity contribution is 5.12. The van der Waals surface area contributed by atoms with Crippen LogP contribution in [0.3, 0.4) is 0 Å². The molecule has 21 heavy (non-hydrogen) atoms. The van der Waals surface area contributed by atoms with Crippen LogP contribution in [0.4, 0.5) is 0 Å². The first-order valence-corrected chi connectivity index (χ1v) is 8.50. The molecule has 0 aromatic carbocycles. The lowest BCUT2D eigenvalue weighted by Gasteiger charge is -2.39. The molecular weight excluding hydrogens is 260 g/mol. The van der Waals surface area contributed by atoms with Gasteiger partial charge in [-0.2, -0.15) is 5.10 Å². The molecule has 3 N–H and O–H groups in total. The van der Waals surface area contributed by atoms with E-state index in [0.717, 1.165) is 24.6 Å². The molecule has 4 heteroatoms. The van der Waals surface area contributed by atoms with Crippen LogP contribution < -0.4 is 11.3 Å². The molecule has 1 unspecified atom stereocenters. The van der Waals surface area contributed by atoms with Crippen LogP contribution in [0.25, 0.3) is 0 Å². The van der Waals surface area contributed by atoms with Crippen molar-refractivity contribution in [3.63, 3.8) is 0 Å². The van der Waals surface area contributed by atoms with Crippen LogP contribution in [0.5, 0.6) is 0 Å². The van der Waals surface area contributed by atoms with Gasteiger partial charge in [-0.1, -0.05) is 26.7 Å². The molecule has 2 rings (SSSR count). The smallest absolute Gasteiger partial charge is 0.0596 e. The molecule has 1 atom stereocenters. The van der Waals surface area contributed by atoms with Crippen molar-refractivity contribution in [2.45, 2.75) is 78.8 Å². The predicted octanol–water partition coefficient (Wildman–Crippen LogP) is 3.19. The first-order valence-electron chi connectivity index (χ1n) is 8.50. The lowest BCUT2D eigenvalue weighted by atomic mass is 9.71. The Morgan fingerprint density at radius 1 is 1.38 bits per heavy atom. The Bertz CT molecular complexity index is 444. The maximum Gasteiger partial charge on any atom is 0.0596 e. The Morgan fingerprint density at radius 2 is 2.05 bits per heavy atom. The van der Waals surface area contributed by atoms with Gasteiger partial charge in [0.2, 0.25) is 0 Å². The Labute approximate surface area is 129 Å². The van der Waals surface area contributed by atoms with Gasteiger partial charge in [0.15, 0.2) is 0 Å². The van der Waals surface area contributed by atoms with Crippen LogP contribution in [-0.2, 0) is 13.0 Å². The highest BCUT2D eigenvalue weighted by Crippen LogP contribution is 2.46. The maximum atomic E-state index is 5.98. The standard InChI is InChI=1S/C17H32N4/c1-5-21-15(10-14(4)20-21)11-16(19-18)17(12-13(2)3)8-6-7-9-17/h10,13,16,19H,5-9,11-12,18H2,1-4H3. The maximum absolute atomic E-state index is 5.98. The third kappa shape index (κ3) is 3.67. The summed E-state index contributed by atoms with van der Waals surface area (Å²) in [5, 5.41) is 4.57. The largest absolute Gasteiger partial charge is 0.271 e. The Balaban J connectivity index is 2.20. The highest BCUT2D eigenvalue weighted by Gasteiger charge is 2.41. The van der Waals surface area contributed by atoms with E-state index in [9.17, 15) is 0 Å². The molecule has 0 amide bonds. The number of aromatic nitrogens is 2. The topological polar surface area (TPSA) is 55.9 Å². The minimum atomic E-state index is 0.351. The number of hydrogen-bond acceptors (Lipinski definition) is 3. The van der Waals surface area contributed by atoms with Gasteiger partial charge in [0.05, 0.1) is 5.69 Å². The lowest BCUT2D eigenvalue weighted by molar-refractivity contribution is 0.152. The fraction of sp³-hybridized carbons (Fsp3) is 0.824. The van der Waals surface area contributed by atoms with Crippen LogP contribution in [0.2, 0.25) is 0 Å². The average molecular weight is 292 g/mol. The number of nitrogens with two attached hydrogens (primary N) is 1. The SMILES string of the molecule is CCn1nc(C)cc1CC(NN)C1(CC(C)C)CCCC1. The molecule has 1 aromatic rings. The molecule has 0 radical (unpaired) electrons. The van der Waals surface area contributed by atoms with Crippen molar-refractivity contribution >= 4 is 0 Å². The fourth-order valence-electron chi connectivity index (χ4n) is 4.29. The molecule has 1 heterocycles. The van der Waals surface area contributed by atoms with E-state index in [4.69, 9.17) is 5.84 Å². The van der Waals surface area contributed by atoms with Crippen molar-refractivity contribution in [2.75, 3.05) is 0 Å². The summed E-state index contributed by atoms with van der Waals surface area (Å²) >= 11 is 0. The van der Waals surface area contributed by atoms with E-state index in [0.29, 0.717) is 11.5 Å². The van der Waals surface area contributed by atoms with Gasteiger partial charge in [0.25, 0.3) is 0 Å². The molecule has 120 valence electrons. The second-order valence-corrected chi connectivity index (χ2v) is 7.18. The molecule has 4 nitrogen and oxygen atoms in total. The van der Waals surface area contributed by atoms with Gasteiger partial charge in [-0.3, -0.25) is 16.0 Å². The molecule has 1 aliphatic carbocycles. The van der Waals surface area contributed by atoms with Crippen molar-refractivity contribution in [1.82, 2.24) is 15.2 Å². The molecule has 0 spiro atoms. The zero-order valence-corrected chi connectivity index (χ0v) is 14.2. The number of aryl methyl sites for hydroxylation is 2. The van der Waals surface area contributed by atoms with E-state index in [1.54, 1.807) is 0 Å². The van der Waals surface area contributed by atoms with Crippen molar-refractivity contribution in [1.29, 1.82) is 0 Å². The summed E-state index contributed by atoms with van der Waals surface area (Å²) in [6.45, 7) is 9.81. The van der Waals surface area contributed by atoms with E-state index < -0.39 is 0 Å². The third-order valence-corrected chi connectivity index (χ3v) is 5.05.